The van der Waals surface area contributed by atoms with Crippen molar-refractivity contribution in [3.8, 4) is 11.5 Å². The van der Waals surface area contributed by atoms with Crippen molar-refractivity contribution in [2.45, 2.75) is 32.9 Å². The molecule has 6 heteroatoms. The average molecular weight is 320 g/mol. The van der Waals surface area contributed by atoms with Crippen molar-refractivity contribution in [3.05, 3.63) is 35.9 Å². The largest absolute Gasteiger partial charge is 0.454 e. The van der Waals surface area contributed by atoms with Crippen LogP contribution in [-0.4, -0.2) is 31.6 Å². The second-order valence-corrected chi connectivity index (χ2v) is 6.17. The molecule has 0 radical (unpaired) electrons. The predicted octanol–water partition coefficient (Wildman–Crippen LogP) is 2.59. The van der Waals surface area contributed by atoms with Gasteiger partial charge in [0.1, 0.15) is 5.60 Å². The number of hydrogen-bond acceptors (Lipinski definition) is 5. The van der Waals surface area contributed by atoms with Crippen molar-refractivity contribution < 1.29 is 19.0 Å². The number of carbonyl (C=O) groups excluding carboxylic acids is 1. The van der Waals surface area contributed by atoms with Gasteiger partial charge in [0, 0.05) is 19.6 Å². The van der Waals surface area contributed by atoms with E-state index in [1.54, 1.807) is 0 Å². The molecule has 1 amide bonds. The molecule has 0 saturated carbocycles. The SMILES string of the molecule is CC(C)(C)OC(=O)NC/C=C/CNCc1ccc2c(c1)OCO2. The molecule has 1 aromatic rings. The average Bonchev–Trinajstić information content (AvgIpc) is 2.92. The molecule has 2 rings (SSSR count). The number of rotatable bonds is 6. The first-order chi connectivity index (χ1) is 10.9. The maximum Gasteiger partial charge on any atom is 0.407 e. The molecule has 0 bridgehead atoms. The summed E-state index contributed by atoms with van der Waals surface area (Å²) in [6.45, 7) is 7.69. The van der Waals surface area contributed by atoms with Crippen molar-refractivity contribution in [2.75, 3.05) is 19.9 Å². The van der Waals surface area contributed by atoms with Gasteiger partial charge in [-0.05, 0) is 38.5 Å². The minimum absolute atomic E-state index is 0.291. The zero-order valence-corrected chi connectivity index (χ0v) is 13.8. The smallest absolute Gasteiger partial charge is 0.407 e. The molecule has 0 aliphatic carbocycles. The second-order valence-electron chi connectivity index (χ2n) is 6.17. The van der Waals surface area contributed by atoms with E-state index < -0.39 is 11.7 Å². The Morgan fingerprint density at radius 1 is 1.22 bits per heavy atom. The van der Waals surface area contributed by atoms with Gasteiger partial charge in [0.15, 0.2) is 11.5 Å². The summed E-state index contributed by atoms with van der Waals surface area (Å²) >= 11 is 0. The van der Waals surface area contributed by atoms with Crippen LogP contribution in [-0.2, 0) is 11.3 Å². The molecular weight excluding hydrogens is 296 g/mol. The van der Waals surface area contributed by atoms with Crippen molar-refractivity contribution >= 4 is 6.09 Å². The van der Waals surface area contributed by atoms with Gasteiger partial charge in [-0.25, -0.2) is 4.79 Å². The van der Waals surface area contributed by atoms with Crippen LogP contribution >= 0.6 is 0 Å². The molecule has 0 aromatic heterocycles. The Bertz CT molecular complexity index is 564. The number of carbonyl (C=O) groups is 1. The highest BCUT2D eigenvalue weighted by Gasteiger charge is 2.15. The summed E-state index contributed by atoms with van der Waals surface area (Å²) in [6.07, 6.45) is 3.44. The Balaban J connectivity index is 1.59. The van der Waals surface area contributed by atoms with E-state index in [4.69, 9.17) is 14.2 Å². The van der Waals surface area contributed by atoms with E-state index in [0.29, 0.717) is 19.9 Å². The van der Waals surface area contributed by atoms with E-state index in [1.807, 2.05) is 51.1 Å². The third-order valence-corrected chi connectivity index (χ3v) is 2.96. The van der Waals surface area contributed by atoms with E-state index in [2.05, 4.69) is 10.6 Å². The van der Waals surface area contributed by atoms with Crippen LogP contribution in [0.25, 0.3) is 0 Å². The highest BCUT2D eigenvalue weighted by molar-refractivity contribution is 5.67. The van der Waals surface area contributed by atoms with Crippen LogP contribution in [0, 0.1) is 0 Å². The molecule has 6 nitrogen and oxygen atoms in total. The van der Waals surface area contributed by atoms with Crippen LogP contribution in [0.15, 0.2) is 30.4 Å². The topological polar surface area (TPSA) is 68.8 Å². The molecule has 1 aromatic carbocycles. The van der Waals surface area contributed by atoms with Crippen molar-refractivity contribution in [1.29, 1.82) is 0 Å². The molecule has 0 spiro atoms. The van der Waals surface area contributed by atoms with E-state index in [1.165, 1.54) is 0 Å². The van der Waals surface area contributed by atoms with E-state index >= 15 is 0 Å². The Hall–Kier alpha value is -2.21. The maximum absolute atomic E-state index is 11.4. The normalized spacial score (nSPS) is 13.3. The van der Waals surface area contributed by atoms with Crippen LogP contribution < -0.4 is 20.1 Å². The lowest BCUT2D eigenvalue weighted by Gasteiger charge is -2.19. The van der Waals surface area contributed by atoms with Gasteiger partial charge >= 0.3 is 6.09 Å². The molecule has 1 heterocycles. The van der Waals surface area contributed by atoms with Crippen molar-refractivity contribution in [3.63, 3.8) is 0 Å². The molecule has 1 aliphatic rings. The summed E-state index contributed by atoms with van der Waals surface area (Å²) in [5, 5.41) is 5.96. The lowest BCUT2D eigenvalue weighted by atomic mass is 10.2. The fourth-order valence-electron chi connectivity index (χ4n) is 1.97. The third-order valence-electron chi connectivity index (χ3n) is 2.96. The molecule has 0 atom stereocenters. The van der Waals surface area contributed by atoms with Gasteiger partial charge in [-0.1, -0.05) is 18.2 Å². The van der Waals surface area contributed by atoms with Crippen LogP contribution in [0.3, 0.4) is 0 Å². The van der Waals surface area contributed by atoms with Crippen LogP contribution in [0.1, 0.15) is 26.3 Å². The second kappa shape index (κ2) is 7.87. The van der Waals surface area contributed by atoms with Crippen molar-refractivity contribution in [1.82, 2.24) is 10.6 Å². The highest BCUT2D eigenvalue weighted by atomic mass is 16.7. The van der Waals surface area contributed by atoms with Gasteiger partial charge in [-0.15, -0.1) is 0 Å². The number of hydrogen-bond donors (Lipinski definition) is 2. The molecule has 0 unspecified atom stereocenters. The Kier molecular flexibility index (Phi) is 5.87. The summed E-state index contributed by atoms with van der Waals surface area (Å²) < 4.78 is 15.8. The summed E-state index contributed by atoms with van der Waals surface area (Å²) in [5.41, 5.74) is 0.662. The van der Waals surface area contributed by atoms with Gasteiger partial charge in [-0.2, -0.15) is 0 Å². The number of alkyl carbamates (subject to hydrolysis) is 1. The van der Waals surface area contributed by atoms with Crippen LogP contribution in [0.5, 0.6) is 11.5 Å². The standard InChI is InChI=1S/C17H24N2O4/c1-17(2,3)23-16(20)19-9-5-4-8-18-11-13-6-7-14-15(10-13)22-12-21-14/h4-7,10,18H,8-9,11-12H2,1-3H3,(H,19,20)/b5-4+. The Labute approximate surface area is 136 Å². The Morgan fingerprint density at radius 3 is 2.74 bits per heavy atom. The third kappa shape index (κ3) is 6.20. The fourth-order valence-corrected chi connectivity index (χ4v) is 1.97. The summed E-state index contributed by atoms with van der Waals surface area (Å²) in [4.78, 5) is 11.4. The van der Waals surface area contributed by atoms with Gasteiger partial charge in [0.2, 0.25) is 6.79 Å². The number of fused-ring (bicyclic) bond motifs is 1. The molecular formula is C17H24N2O4. The Morgan fingerprint density at radius 2 is 1.96 bits per heavy atom. The quantitative estimate of drug-likeness (QED) is 0.623. The number of nitrogens with one attached hydrogen (secondary N) is 2. The number of benzene rings is 1. The fraction of sp³-hybridized carbons (Fsp3) is 0.471. The minimum atomic E-state index is -0.472. The number of ether oxygens (including phenoxy) is 3. The van der Waals surface area contributed by atoms with Crippen LogP contribution in [0.4, 0.5) is 4.79 Å². The lowest BCUT2D eigenvalue weighted by Crippen LogP contribution is -2.32. The monoisotopic (exact) mass is 320 g/mol. The predicted molar refractivity (Wildman–Crippen MR) is 87.6 cm³/mol. The highest BCUT2D eigenvalue weighted by Crippen LogP contribution is 2.32. The lowest BCUT2D eigenvalue weighted by molar-refractivity contribution is 0.0534. The van der Waals surface area contributed by atoms with Gasteiger partial charge < -0.3 is 24.8 Å². The zero-order chi connectivity index (χ0) is 16.7. The molecule has 2 N–H and O–H groups in total. The van der Waals surface area contributed by atoms with E-state index in [-0.39, 0.29) is 0 Å². The first-order valence-corrected chi connectivity index (χ1v) is 7.65. The van der Waals surface area contributed by atoms with Gasteiger partial charge in [-0.3, -0.25) is 0 Å². The first kappa shape index (κ1) is 17.1. The minimum Gasteiger partial charge on any atom is -0.454 e. The zero-order valence-electron chi connectivity index (χ0n) is 13.8. The molecule has 23 heavy (non-hydrogen) atoms. The van der Waals surface area contributed by atoms with E-state index in [0.717, 1.165) is 23.6 Å². The number of amides is 1. The molecule has 1 aliphatic heterocycles. The first-order valence-electron chi connectivity index (χ1n) is 7.65. The molecule has 126 valence electrons. The van der Waals surface area contributed by atoms with Crippen LogP contribution in [0.2, 0.25) is 0 Å². The van der Waals surface area contributed by atoms with Gasteiger partial charge in [0.25, 0.3) is 0 Å². The van der Waals surface area contributed by atoms with E-state index in [9.17, 15) is 4.79 Å². The van der Waals surface area contributed by atoms with Crippen molar-refractivity contribution in [2.24, 2.45) is 0 Å². The summed E-state index contributed by atoms with van der Waals surface area (Å²) in [5.74, 6) is 1.59. The summed E-state index contributed by atoms with van der Waals surface area (Å²) in [7, 11) is 0. The molecule has 0 saturated heterocycles. The van der Waals surface area contributed by atoms with Gasteiger partial charge in [0.05, 0.1) is 0 Å². The summed E-state index contributed by atoms with van der Waals surface area (Å²) in [6, 6.07) is 5.90. The maximum atomic E-state index is 11.4. The molecule has 0 fully saturated rings.